The molecule has 2 nitrogen and oxygen atoms in total. The lowest BCUT2D eigenvalue weighted by Crippen LogP contribution is -2.36. The lowest BCUT2D eigenvalue weighted by molar-refractivity contribution is 0.141. The van der Waals surface area contributed by atoms with Crippen molar-refractivity contribution >= 4 is 23.2 Å². The lowest BCUT2D eigenvalue weighted by atomic mass is 9.83. The van der Waals surface area contributed by atoms with Crippen molar-refractivity contribution in [1.82, 2.24) is 0 Å². The molecule has 4 heteroatoms. The van der Waals surface area contributed by atoms with E-state index in [0.29, 0.717) is 23.2 Å². The SMILES string of the molecule is COCC(C)(CN)c1ccc(Cl)c(Cl)c1. The predicted molar refractivity (Wildman–Crippen MR) is 64.7 cm³/mol. The molecule has 0 aliphatic carbocycles. The van der Waals surface area contributed by atoms with Crippen molar-refractivity contribution in [2.45, 2.75) is 12.3 Å². The van der Waals surface area contributed by atoms with E-state index >= 15 is 0 Å². The minimum Gasteiger partial charge on any atom is -0.384 e. The second kappa shape index (κ2) is 5.17. The first kappa shape index (κ1) is 12.8. The first-order valence-electron chi connectivity index (χ1n) is 4.68. The number of methoxy groups -OCH3 is 1. The molecular weight excluding hydrogens is 233 g/mol. The molecule has 84 valence electrons. The van der Waals surface area contributed by atoms with E-state index in [1.165, 1.54) is 0 Å². The van der Waals surface area contributed by atoms with Crippen LogP contribution >= 0.6 is 23.2 Å². The van der Waals surface area contributed by atoms with Gasteiger partial charge in [-0.1, -0.05) is 36.2 Å². The van der Waals surface area contributed by atoms with Gasteiger partial charge in [-0.2, -0.15) is 0 Å². The van der Waals surface area contributed by atoms with Crippen molar-refractivity contribution in [3.05, 3.63) is 33.8 Å². The molecular formula is C11H15Cl2NO. The average Bonchev–Trinajstić information content (AvgIpc) is 2.22. The third-order valence-corrected chi connectivity index (χ3v) is 3.27. The summed E-state index contributed by atoms with van der Waals surface area (Å²) < 4.78 is 5.17. The quantitative estimate of drug-likeness (QED) is 0.889. The average molecular weight is 248 g/mol. The molecule has 0 radical (unpaired) electrons. The summed E-state index contributed by atoms with van der Waals surface area (Å²) in [5, 5.41) is 1.10. The summed E-state index contributed by atoms with van der Waals surface area (Å²) in [5.41, 5.74) is 6.58. The maximum absolute atomic E-state index is 5.96. The summed E-state index contributed by atoms with van der Waals surface area (Å²) in [6, 6.07) is 5.55. The van der Waals surface area contributed by atoms with Crippen molar-refractivity contribution in [3.63, 3.8) is 0 Å². The number of ether oxygens (including phenoxy) is 1. The van der Waals surface area contributed by atoms with E-state index in [2.05, 4.69) is 0 Å². The standard InChI is InChI=1S/C11H15Cl2NO/c1-11(6-14,7-15-2)8-3-4-9(12)10(13)5-8/h3-5H,6-7,14H2,1-2H3. The molecule has 15 heavy (non-hydrogen) atoms. The fourth-order valence-electron chi connectivity index (χ4n) is 1.45. The minimum atomic E-state index is -0.219. The second-order valence-corrected chi connectivity index (χ2v) is 4.64. The summed E-state index contributed by atoms with van der Waals surface area (Å²) in [4.78, 5) is 0. The summed E-state index contributed by atoms with van der Waals surface area (Å²) >= 11 is 11.8. The predicted octanol–water partition coefficient (Wildman–Crippen LogP) is 2.86. The molecule has 0 saturated carbocycles. The van der Waals surface area contributed by atoms with Crippen LogP contribution in [-0.4, -0.2) is 20.3 Å². The first-order valence-corrected chi connectivity index (χ1v) is 5.43. The van der Waals surface area contributed by atoms with E-state index in [-0.39, 0.29) is 5.41 Å². The zero-order valence-electron chi connectivity index (χ0n) is 8.89. The van der Waals surface area contributed by atoms with Crippen LogP contribution in [0.15, 0.2) is 18.2 Å². The Morgan fingerprint density at radius 1 is 1.33 bits per heavy atom. The Hall–Kier alpha value is -0.280. The van der Waals surface area contributed by atoms with Crippen molar-refractivity contribution in [2.24, 2.45) is 5.73 Å². The van der Waals surface area contributed by atoms with Gasteiger partial charge in [0.15, 0.2) is 0 Å². The van der Waals surface area contributed by atoms with Gasteiger partial charge in [0.2, 0.25) is 0 Å². The van der Waals surface area contributed by atoms with Gasteiger partial charge in [0.25, 0.3) is 0 Å². The van der Waals surface area contributed by atoms with E-state index in [0.717, 1.165) is 5.56 Å². The number of rotatable bonds is 4. The van der Waals surface area contributed by atoms with Gasteiger partial charge in [-0.25, -0.2) is 0 Å². The molecule has 1 atom stereocenters. The Bertz CT molecular complexity index is 343. The number of hydrogen-bond acceptors (Lipinski definition) is 2. The summed E-state index contributed by atoms with van der Waals surface area (Å²) in [7, 11) is 1.66. The fourth-order valence-corrected chi connectivity index (χ4v) is 1.75. The molecule has 0 aliphatic rings. The van der Waals surface area contributed by atoms with Gasteiger partial charge in [0.1, 0.15) is 0 Å². The molecule has 2 N–H and O–H groups in total. The highest BCUT2D eigenvalue weighted by Gasteiger charge is 2.25. The topological polar surface area (TPSA) is 35.2 Å². The van der Waals surface area contributed by atoms with Gasteiger partial charge in [-0.05, 0) is 17.7 Å². The van der Waals surface area contributed by atoms with E-state index < -0.39 is 0 Å². The fraction of sp³-hybridized carbons (Fsp3) is 0.455. The molecule has 0 amide bonds. The van der Waals surface area contributed by atoms with Crippen LogP contribution in [0.1, 0.15) is 12.5 Å². The van der Waals surface area contributed by atoms with Crippen molar-refractivity contribution < 1.29 is 4.74 Å². The van der Waals surface area contributed by atoms with E-state index in [1.54, 1.807) is 13.2 Å². The van der Waals surface area contributed by atoms with Gasteiger partial charge in [-0.3, -0.25) is 0 Å². The highest BCUT2D eigenvalue weighted by Crippen LogP contribution is 2.29. The lowest BCUT2D eigenvalue weighted by Gasteiger charge is -2.27. The van der Waals surface area contributed by atoms with Gasteiger partial charge in [0.05, 0.1) is 16.7 Å². The molecule has 0 bridgehead atoms. The third-order valence-electron chi connectivity index (χ3n) is 2.53. The second-order valence-electron chi connectivity index (χ2n) is 3.83. The third kappa shape index (κ3) is 2.85. The maximum Gasteiger partial charge on any atom is 0.0595 e. The Labute approximate surface area is 100 Å². The van der Waals surface area contributed by atoms with Gasteiger partial charge in [0, 0.05) is 19.1 Å². The normalized spacial score (nSPS) is 15.0. The first-order chi connectivity index (χ1) is 7.03. The van der Waals surface area contributed by atoms with Crippen LogP contribution in [0.5, 0.6) is 0 Å². The van der Waals surface area contributed by atoms with Gasteiger partial charge >= 0.3 is 0 Å². The van der Waals surface area contributed by atoms with Crippen LogP contribution in [-0.2, 0) is 10.2 Å². The van der Waals surface area contributed by atoms with Crippen molar-refractivity contribution in [1.29, 1.82) is 0 Å². The zero-order valence-corrected chi connectivity index (χ0v) is 10.4. The van der Waals surface area contributed by atoms with Crippen molar-refractivity contribution in [2.75, 3.05) is 20.3 Å². The highest BCUT2D eigenvalue weighted by atomic mass is 35.5. The molecule has 1 rings (SSSR count). The molecule has 0 aromatic heterocycles. The van der Waals surface area contributed by atoms with E-state index in [4.69, 9.17) is 33.7 Å². The van der Waals surface area contributed by atoms with Crippen LogP contribution in [0.4, 0.5) is 0 Å². The van der Waals surface area contributed by atoms with Crippen LogP contribution in [0.25, 0.3) is 0 Å². The smallest absolute Gasteiger partial charge is 0.0595 e. The minimum absolute atomic E-state index is 0.219. The van der Waals surface area contributed by atoms with Crippen LogP contribution in [0.3, 0.4) is 0 Å². The van der Waals surface area contributed by atoms with Gasteiger partial charge < -0.3 is 10.5 Å². The monoisotopic (exact) mass is 247 g/mol. The number of hydrogen-bond donors (Lipinski definition) is 1. The number of nitrogens with two attached hydrogens (primary N) is 1. The Morgan fingerprint density at radius 2 is 2.00 bits per heavy atom. The number of halogens is 2. The van der Waals surface area contributed by atoms with Crippen LogP contribution < -0.4 is 5.73 Å². The molecule has 0 heterocycles. The van der Waals surface area contributed by atoms with Gasteiger partial charge in [-0.15, -0.1) is 0 Å². The molecule has 1 unspecified atom stereocenters. The van der Waals surface area contributed by atoms with E-state index in [1.807, 2.05) is 19.1 Å². The van der Waals surface area contributed by atoms with Crippen LogP contribution in [0.2, 0.25) is 10.0 Å². The molecule has 1 aromatic rings. The summed E-state index contributed by atoms with van der Waals surface area (Å²) in [6.45, 7) is 3.09. The molecule has 0 aliphatic heterocycles. The molecule has 1 aromatic carbocycles. The summed E-state index contributed by atoms with van der Waals surface area (Å²) in [5.74, 6) is 0. The largest absolute Gasteiger partial charge is 0.384 e. The maximum atomic E-state index is 5.96. The number of benzene rings is 1. The van der Waals surface area contributed by atoms with E-state index in [9.17, 15) is 0 Å². The zero-order chi connectivity index (χ0) is 11.5. The summed E-state index contributed by atoms with van der Waals surface area (Å²) in [6.07, 6.45) is 0. The molecule has 0 saturated heterocycles. The van der Waals surface area contributed by atoms with Crippen LogP contribution in [0, 0.1) is 0 Å². The highest BCUT2D eigenvalue weighted by molar-refractivity contribution is 6.42. The Balaban J connectivity index is 3.07. The Kier molecular flexibility index (Phi) is 4.41. The molecule has 0 spiro atoms. The Morgan fingerprint density at radius 3 is 2.47 bits per heavy atom. The molecule has 0 fully saturated rings. The van der Waals surface area contributed by atoms with Crippen molar-refractivity contribution in [3.8, 4) is 0 Å².